The van der Waals surface area contributed by atoms with Gasteiger partial charge in [-0.05, 0) is 61.3 Å². The molecule has 1 N–H and O–H groups in total. The third-order valence-corrected chi connectivity index (χ3v) is 9.34. The van der Waals surface area contributed by atoms with Crippen molar-refractivity contribution < 1.29 is 22.7 Å². The molecule has 0 unspecified atom stereocenters. The van der Waals surface area contributed by atoms with E-state index >= 15 is 0 Å². The van der Waals surface area contributed by atoms with Crippen LogP contribution in [0.4, 0.5) is 0 Å². The second-order valence-corrected chi connectivity index (χ2v) is 12.3. The zero-order chi connectivity index (χ0) is 25.9. The van der Waals surface area contributed by atoms with E-state index in [1.165, 1.54) is 16.8 Å². The summed E-state index contributed by atoms with van der Waals surface area (Å²) in [5.41, 5.74) is 1.71. The molecular formula is C27H37N3O5S. The molecule has 2 fully saturated rings. The molecule has 196 valence electrons. The van der Waals surface area contributed by atoms with Gasteiger partial charge in [-0.1, -0.05) is 38.0 Å². The number of aryl methyl sites for hydroxylation is 1. The summed E-state index contributed by atoms with van der Waals surface area (Å²) in [5.74, 6) is 1.75. The Morgan fingerprint density at radius 1 is 1.22 bits per heavy atom. The highest BCUT2D eigenvalue weighted by atomic mass is 32.2. The monoisotopic (exact) mass is 515 g/mol. The number of benzene rings is 1. The van der Waals surface area contributed by atoms with Gasteiger partial charge in [-0.25, -0.2) is 8.42 Å². The van der Waals surface area contributed by atoms with Gasteiger partial charge in [0.15, 0.2) is 5.78 Å². The minimum atomic E-state index is -3.64. The van der Waals surface area contributed by atoms with Crippen LogP contribution < -0.4 is 5.32 Å². The van der Waals surface area contributed by atoms with E-state index in [0.717, 1.165) is 54.1 Å². The number of amides is 1. The molecule has 1 saturated heterocycles. The molecule has 9 heteroatoms. The molecule has 0 radical (unpaired) electrons. The van der Waals surface area contributed by atoms with Crippen LogP contribution in [0, 0.1) is 18.8 Å². The predicted molar refractivity (Wildman–Crippen MR) is 140 cm³/mol. The van der Waals surface area contributed by atoms with Gasteiger partial charge in [-0.15, -0.1) is 0 Å². The summed E-state index contributed by atoms with van der Waals surface area (Å²) in [6.07, 6.45) is 7.06. The Morgan fingerprint density at radius 3 is 2.56 bits per heavy atom. The summed E-state index contributed by atoms with van der Waals surface area (Å²) in [6.45, 7) is 4.75. The molecule has 0 aromatic heterocycles. The van der Waals surface area contributed by atoms with Gasteiger partial charge in [-0.2, -0.15) is 4.31 Å². The number of rotatable bonds is 8. The van der Waals surface area contributed by atoms with Crippen molar-refractivity contribution in [2.24, 2.45) is 16.8 Å². The van der Waals surface area contributed by atoms with Crippen molar-refractivity contribution in [3.8, 4) is 0 Å². The first-order valence-corrected chi connectivity index (χ1v) is 14.3. The number of hydrogen-bond donors (Lipinski definition) is 1. The number of nitrogens with one attached hydrogen (secondary N) is 1. The number of amidine groups is 1. The molecule has 1 amide bonds. The van der Waals surface area contributed by atoms with Gasteiger partial charge in [-0.3, -0.25) is 14.6 Å². The highest BCUT2D eigenvalue weighted by molar-refractivity contribution is 7.92. The summed E-state index contributed by atoms with van der Waals surface area (Å²) < 4.78 is 32.4. The molecule has 0 atom stereocenters. The van der Waals surface area contributed by atoms with Crippen molar-refractivity contribution in [2.45, 2.75) is 64.3 Å². The third kappa shape index (κ3) is 5.95. The maximum atomic E-state index is 13.0. The number of sulfonamides is 1. The van der Waals surface area contributed by atoms with Crippen molar-refractivity contribution >= 4 is 33.6 Å². The van der Waals surface area contributed by atoms with E-state index in [4.69, 9.17) is 9.73 Å². The first kappa shape index (κ1) is 26.7. The summed E-state index contributed by atoms with van der Waals surface area (Å²) in [4.78, 5) is 29.5. The maximum Gasteiger partial charge on any atom is 0.253 e. The van der Waals surface area contributed by atoms with Gasteiger partial charge < -0.3 is 10.1 Å². The first-order chi connectivity index (χ1) is 17.1. The fourth-order valence-corrected chi connectivity index (χ4v) is 6.62. The van der Waals surface area contributed by atoms with Crippen LogP contribution in [-0.4, -0.2) is 62.6 Å². The Bertz CT molecular complexity index is 1160. The lowest BCUT2D eigenvalue weighted by molar-refractivity contribution is -0.125. The van der Waals surface area contributed by atoms with Crippen LogP contribution in [0.3, 0.4) is 0 Å². The minimum Gasteiger partial charge on any atom is -0.377 e. The van der Waals surface area contributed by atoms with Crippen LogP contribution in [0.1, 0.15) is 62.1 Å². The van der Waals surface area contributed by atoms with Crippen molar-refractivity contribution in [1.82, 2.24) is 9.62 Å². The highest BCUT2D eigenvalue weighted by Crippen LogP contribution is 2.36. The van der Waals surface area contributed by atoms with E-state index in [1.54, 1.807) is 6.08 Å². The van der Waals surface area contributed by atoms with Crippen LogP contribution in [0.15, 0.2) is 28.6 Å². The van der Waals surface area contributed by atoms with Crippen LogP contribution in [0.5, 0.6) is 0 Å². The smallest absolute Gasteiger partial charge is 0.253 e. The lowest BCUT2D eigenvalue weighted by atomic mass is 9.82. The molecule has 1 aliphatic carbocycles. The van der Waals surface area contributed by atoms with Crippen LogP contribution in [-0.2, 0) is 30.8 Å². The number of piperidine rings is 1. The summed E-state index contributed by atoms with van der Waals surface area (Å²) in [6, 6.07) is 5.55. The second kappa shape index (κ2) is 10.9. The van der Waals surface area contributed by atoms with Crippen molar-refractivity contribution in [3.05, 3.63) is 40.3 Å². The summed E-state index contributed by atoms with van der Waals surface area (Å²) in [7, 11) is -2.15. The van der Waals surface area contributed by atoms with E-state index in [1.807, 2.05) is 25.1 Å². The topological polar surface area (TPSA) is 105 Å². The van der Waals surface area contributed by atoms with Gasteiger partial charge in [0.1, 0.15) is 18.0 Å². The minimum absolute atomic E-state index is 0.00798. The fraction of sp³-hybridized carbons (Fsp3) is 0.593. The van der Waals surface area contributed by atoms with Crippen molar-refractivity contribution in [2.75, 3.05) is 26.8 Å². The molecule has 8 nitrogen and oxygen atoms in total. The molecule has 2 heterocycles. The molecule has 4 rings (SSSR count). The first-order valence-electron chi connectivity index (χ1n) is 12.8. The largest absolute Gasteiger partial charge is 0.377 e. The summed E-state index contributed by atoms with van der Waals surface area (Å²) in [5, 5.41) is 4.26. The van der Waals surface area contributed by atoms with Gasteiger partial charge in [0.25, 0.3) is 5.91 Å². The Labute approximate surface area is 214 Å². The van der Waals surface area contributed by atoms with E-state index in [0.29, 0.717) is 18.8 Å². The number of methoxy groups -OCH3 is 1. The van der Waals surface area contributed by atoms with Crippen LogP contribution >= 0.6 is 0 Å². The number of carbonyl (C=O) groups excluding carboxylic acids is 2. The fourth-order valence-electron chi connectivity index (χ4n) is 5.44. The Morgan fingerprint density at radius 2 is 1.92 bits per heavy atom. The molecule has 36 heavy (non-hydrogen) atoms. The number of nitrogens with zero attached hydrogens (tertiary/aromatic N) is 2. The lowest BCUT2D eigenvalue weighted by Crippen LogP contribution is -2.50. The van der Waals surface area contributed by atoms with E-state index in [9.17, 15) is 18.0 Å². The van der Waals surface area contributed by atoms with Crippen LogP contribution in [0.2, 0.25) is 0 Å². The molecular weight excluding hydrogens is 478 g/mol. The zero-order valence-corrected chi connectivity index (χ0v) is 22.3. The standard InChI is InChI=1S/C27H37N3O5S/c1-19-4-7-23(8-5-19)25-28-26(32)27(29-25)11-13-30(14-12-27)36(33,34)15-10-22-9-6-21(16-20(22)2)17-24(31)18-35-3/h6,9-10,15-16,19,23H,4-5,7-8,11-14,17-18H2,1-3H3,(H,28,29,32)/b15-10+. The lowest BCUT2D eigenvalue weighted by Gasteiger charge is -2.34. The SMILES string of the molecule is COCC(=O)Cc1ccc(/C=C/S(=O)(=O)N2CCC3(CC2)N=C(C2CCC(C)CC2)NC3=O)c(C)c1. The number of hydrogen-bond acceptors (Lipinski definition) is 6. The Hall–Kier alpha value is -2.36. The molecule has 1 saturated carbocycles. The van der Waals surface area contributed by atoms with Gasteiger partial charge in [0.2, 0.25) is 10.0 Å². The zero-order valence-electron chi connectivity index (χ0n) is 21.5. The Balaban J connectivity index is 1.38. The second-order valence-electron chi connectivity index (χ2n) is 10.5. The Kier molecular flexibility index (Phi) is 8.12. The number of ketones is 1. The van der Waals surface area contributed by atoms with Gasteiger partial charge >= 0.3 is 0 Å². The number of ether oxygens (including phenoxy) is 1. The predicted octanol–water partition coefficient (Wildman–Crippen LogP) is 3.24. The number of carbonyl (C=O) groups is 2. The number of aliphatic imine (C=N–C) groups is 1. The third-order valence-electron chi connectivity index (χ3n) is 7.77. The van der Waals surface area contributed by atoms with Crippen molar-refractivity contribution in [1.29, 1.82) is 0 Å². The number of Topliss-reactive ketones (excluding diaryl/α,β-unsaturated/α-hetero) is 1. The molecule has 1 spiro atoms. The molecule has 3 aliphatic rings. The molecule has 1 aromatic carbocycles. The van der Waals surface area contributed by atoms with E-state index in [-0.39, 0.29) is 37.8 Å². The van der Waals surface area contributed by atoms with Crippen molar-refractivity contribution in [3.63, 3.8) is 0 Å². The van der Waals surface area contributed by atoms with E-state index < -0.39 is 15.6 Å². The normalized spacial score (nSPS) is 24.8. The molecule has 0 bridgehead atoms. The maximum absolute atomic E-state index is 13.0. The quantitative estimate of drug-likeness (QED) is 0.572. The average molecular weight is 516 g/mol. The van der Waals surface area contributed by atoms with E-state index in [2.05, 4.69) is 12.2 Å². The molecule has 2 aliphatic heterocycles. The van der Waals surface area contributed by atoms with Crippen LogP contribution in [0.25, 0.3) is 6.08 Å². The van der Waals surface area contributed by atoms with Gasteiger partial charge in [0.05, 0.1) is 0 Å². The average Bonchev–Trinajstić information content (AvgIpc) is 3.14. The molecule has 1 aromatic rings. The summed E-state index contributed by atoms with van der Waals surface area (Å²) >= 11 is 0. The van der Waals surface area contributed by atoms with Gasteiger partial charge in [0, 0.05) is 37.9 Å². The highest BCUT2D eigenvalue weighted by Gasteiger charge is 2.48.